The third-order valence-corrected chi connectivity index (χ3v) is 5.79. The standard InChI is InChI=1S/C15H25N3S/c1-3-16-12-9-6-10-13-14(12)17-15(19-13)18(2)11-7-4-5-8-11/h11-12,16H,3-10H2,1-2H3. The number of aryl methyl sites for hydroxylation is 1. The molecule has 0 spiro atoms. The van der Waals surface area contributed by atoms with E-state index in [1.165, 1.54) is 60.6 Å². The van der Waals surface area contributed by atoms with Crippen molar-refractivity contribution in [1.29, 1.82) is 0 Å². The summed E-state index contributed by atoms with van der Waals surface area (Å²) in [4.78, 5) is 8.95. The van der Waals surface area contributed by atoms with Gasteiger partial charge < -0.3 is 10.2 Å². The van der Waals surface area contributed by atoms with Crippen LogP contribution in [-0.4, -0.2) is 24.6 Å². The van der Waals surface area contributed by atoms with Crippen LogP contribution < -0.4 is 10.2 Å². The van der Waals surface area contributed by atoms with Gasteiger partial charge >= 0.3 is 0 Å². The molecule has 0 saturated heterocycles. The Labute approximate surface area is 120 Å². The van der Waals surface area contributed by atoms with E-state index in [1.54, 1.807) is 0 Å². The molecule has 0 radical (unpaired) electrons. The number of thiazole rings is 1. The summed E-state index contributed by atoms with van der Waals surface area (Å²) in [6.45, 7) is 3.22. The van der Waals surface area contributed by atoms with Gasteiger partial charge in [0.25, 0.3) is 0 Å². The lowest BCUT2D eigenvalue weighted by atomic mass is 9.98. The number of anilines is 1. The highest BCUT2D eigenvalue weighted by Gasteiger charge is 2.27. The van der Waals surface area contributed by atoms with Gasteiger partial charge in [-0.15, -0.1) is 11.3 Å². The number of hydrogen-bond acceptors (Lipinski definition) is 4. The Morgan fingerprint density at radius 2 is 2.05 bits per heavy atom. The summed E-state index contributed by atoms with van der Waals surface area (Å²) in [6, 6.07) is 1.22. The molecule has 4 heteroatoms. The maximum atomic E-state index is 4.98. The maximum absolute atomic E-state index is 4.98. The van der Waals surface area contributed by atoms with Gasteiger partial charge in [0.05, 0.1) is 11.7 Å². The molecule has 1 heterocycles. The Bertz CT molecular complexity index is 423. The van der Waals surface area contributed by atoms with Gasteiger partial charge in [0.1, 0.15) is 0 Å². The van der Waals surface area contributed by atoms with Crippen molar-refractivity contribution in [3.63, 3.8) is 0 Å². The topological polar surface area (TPSA) is 28.2 Å². The first-order valence-corrected chi connectivity index (χ1v) is 8.57. The fourth-order valence-electron chi connectivity index (χ4n) is 3.45. The minimum atomic E-state index is 0.496. The van der Waals surface area contributed by atoms with E-state index in [-0.39, 0.29) is 0 Å². The number of hydrogen-bond donors (Lipinski definition) is 1. The molecule has 19 heavy (non-hydrogen) atoms. The molecule has 0 bridgehead atoms. The van der Waals surface area contributed by atoms with Crippen molar-refractivity contribution in [3.8, 4) is 0 Å². The quantitative estimate of drug-likeness (QED) is 0.914. The van der Waals surface area contributed by atoms with Crippen LogP contribution in [0.25, 0.3) is 0 Å². The molecule has 0 aliphatic heterocycles. The molecule has 2 aliphatic carbocycles. The van der Waals surface area contributed by atoms with Gasteiger partial charge in [-0.3, -0.25) is 0 Å². The average Bonchev–Trinajstić information content (AvgIpc) is 3.08. The summed E-state index contributed by atoms with van der Waals surface area (Å²) >= 11 is 1.93. The van der Waals surface area contributed by atoms with E-state index in [9.17, 15) is 0 Å². The van der Waals surface area contributed by atoms with Crippen molar-refractivity contribution >= 4 is 16.5 Å². The zero-order valence-corrected chi connectivity index (χ0v) is 12.9. The van der Waals surface area contributed by atoms with Crippen molar-refractivity contribution in [2.24, 2.45) is 0 Å². The molecule has 1 aromatic rings. The fourth-order valence-corrected chi connectivity index (χ4v) is 4.65. The van der Waals surface area contributed by atoms with Gasteiger partial charge in [-0.05, 0) is 38.6 Å². The van der Waals surface area contributed by atoms with Crippen LogP contribution in [0.15, 0.2) is 0 Å². The largest absolute Gasteiger partial charge is 0.348 e. The predicted molar refractivity (Wildman–Crippen MR) is 82.1 cm³/mol. The minimum Gasteiger partial charge on any atom is -0.348 e. The van der Waals surface area contributed by atoms with Gasteiger partial charge in [-0.2, -0.15) is 0 Å². The van der Waals surface area contributed by atoms with Gasteiger partial charge in [-0.25, -0.2) is 4.98 Å². The summed E-state index contributed by atoms with van der Waals surface area (Å²) in [6.07, 6.45) is 9.25. The first-order valence-electron chi connectivity index (χ1n) is 7.75. The van der Waals surface area contributed by atoms with Crippen molar-refractivity contribution in [2.45, 2.75) is 64.0 Å². The highest BCUT2D eigenvalue weighted by Crippen LogP contribution is 2.38. The lowest BCUT2D eigenvalue weighted by Gasteiger charge is -2.23. The lowest BCUT2D eigenvalue weighted by molar-refractivity contribution is 0.465. The van der Waals surface area contributed by atoms with Crippen LogP contribution in [0.1, 0.15) is 62.1 Å². The van der Waals surface area contributed by atoms with E-state index in [2.05, 4.69) is 24.2 Å². The second-order valence-corrected chi connectivity index (χ2v) is 6.92. The predicted octanol–water partition coefficient (Wildman–Crippen LogP) is 3.51. The van der Waals surface area contributed by atoms with E-state index >= 15 is 0 Å². The van der Waals surface area contributed by atoms with Gasteiger partial charge in [-0.1, -0.05) is 19.8 Å². The molecule has 1 unspecified atom stereocenters. The molecule has 106 valence electrons. The van der Waals surface area contributed by atoms with Crippen LogP contribution in [0.5, 0.6) is 0 Å². The normalized spacial score (nSPS) is 23.6. The van der Waals surface area contributed by atoms with Crippen LogP contribution >= 0.6 is 11.3 Å². The fraction of sp³-hybridized carbons (Fsp3) is 0.800. The van der Waals surface area contributed by atoms with Gasteiger partial charge in [0.15, 0.2) is 5.13 Å². The molecule has 1 N–H and O–H groups in total. The third-order valence-electron chi connectivity index (χ3n) is 4.57. The summed E-state index contributed by atoms with van der Waals surface area (Å²) in [5.41, 5.74) is 1.35. The first-order chi connectivity index (χ1) is 9.29. The molecule has 3 nitrogen and oxygen atoms in total. The average molecular weight is 279 g/mol. The zero-order chi connectivity index (χ0) is 13.2. The van der Waals surface area contributed by atoms with E-state index in [0.29, 0.717) is 6.04 Å². The number of fused-ring (bicyclic) bond motifs is 1. The molecular formula is C15H25N3S. The van der Waals surface area contributed by atoms with E-state index in [4.69, 9.17) is 4.98 Å². The smallest absolute Gasteiger partial charge is 0.185 e. The molecule has 3 rings (SSSR count). The van der Waals surface area contributed by atoms with Gasteiger partial charge in [0.2, 0.25) is 0 Å². The second-order valence-electron chi connectivity index (χ2n) is 5.86. The summed E-state index contributed by atoms with van der Waals surface area (Å²) < 4.78 is 0. The van der Waals surface area contributed by atoms with Crippen molar-refractivity contribution in [2.75, 3.05) is 18.5 Å². The zero-order valence-electron chi connectivity index (χ0n) is 12.1. The highest BCUT2D eigenvalue weighted by molar-refractivity contribution is 7.15. The van der Waals surface area contributed by atoms with Crippen LogP contribution in [0, 0.1) is 0 Å². The van der Waals surface area contributed by atoms with E-state index in [0.717, 1.165) is 12.6 Å². The number of rotatable bonds is 4. The van der Waals surface area contributed by atoms with Crippen LogP contribution in [0.2, 0.25) is 0 Å². The first kappa shape index (κ1) is 13.4. The molecule has 0 amide bonds. The number of nitrogens with zero attached hydrogens (tertiary/aromatic N) is 2. The third kappa shape index (κ3) is 2.65. The molecule has 0 aromatic carbocycles. The maximum Gasteiger partial charge on any atom is 0.185 e. The summed E-state index contributed by atoms with van der Waals surface area (Å²) in [5, 5.41) is 4.84. The van der Waals surface area contributed by atoms with E-state index in [1.807, 2.05) is 11.3 Å². The minimum absolute atomic E-state index is 0.496. The van der Waals surface area contributed by atoms with Crippen molar-refractivity contribution in [3.05, 3.63) is 10.6 Å². The molecule has 1 atom stereocenters. The molecular weight excluding hydrogens is 254 g/mol. The van der Waals surface area contributed by atoms with Crippen LogP contribution in [0.3, 0.4) is 0 Å². The Balaban J connectivity index is 1.80. The Morgan fingerprint density at radius 3 is 2.79 bits per heavy atom. The van der Waals surface area contributed by atoms with Crippen molar-refractivity contribution in [1.82, 2.24) is 10.3 Å². The monoisotopic (exact) mass is 279 g/mol. The number of nitrogens with one attached hydrogen (secondary N) is 1. The Kier molecular flexibility index (Phi) is 4.08. The molecule has 2 aliphatic rings. The summed E-state index contributed by atoms with van der Waals surface area (Å²) in [7, 11) is 2.24. The summed E-state index contributed by atoms with van der Waals surface area (Å²) in [5.74, 6) is 0. The molecule has 1 aromatic heterocycles. The second kappa shape index (κ2) is 5.80. The SMILES string of the molecule is CCNC1CCCc2sc(N(C)C3CCCC3)nc21. The van der Waals surface area contributed by atoms with Crippen LogP contribution in [0.4, 0.5) is 5.13 Å². The Hall–Kier alpha value is -0.610. The van der Waals surface area contributed by atoms with Crippen LogP contribution in [-0.2, 0) is 6.42 Å². The molecule has 1 fully saturated rings. The highest BCUT2D eigenvalue weighted by atomic mass is 32.1. The Morgan fingerprint density at radius 1 is 1.26 bits per heavy atom. The van der Waals surface area contributed by atoms with Gasteiger partial charge in [0, 0.05) is 18.0 Å². The molecule has 1 saturated carbocycles. The number of aromatic nitrogens is 1. The van der Waals surface area contributed by atoms with E-state index < -0.39 is 0 Å². The van der Waals surface area contributed by atoms with Crippen molar-refractivity contribution < 1.29 is 0 Å². The lowest BCUT2D eigenvalue weighted by Crippen LogP contribution is -2.29.